The Morgan fingerprint density at radius 3 is 2.34 bits per heavy atom. The number of carbonyl (C=O) groups is 2. The Kier molecular flexibility index (Phi) is 6.53. The fourth-order valence-electron chi connectivity index (χ4n) is 4.30. The van der Waals surface area contributed by atoms with Crippen LogP contribution >= 0.6 is 0 Å². The first-order valence-corrected chi connectivity index (χ1v) is 13.0. The zero-order valence-electron chi connectivity index (χ0n) is 19.4. The van der Waals surface area contributed by atoms with Crippen molar-refractivity contribution in [3.8, 4) is 11.3 Å². The molecule has 0 atom stereocenters. The molecule has 0 saturated carbocycles. The number of aromatic carboxylic acids is 1. The number of aromatic nitrogens is 2. The highest BCUT2D eigenvalue weighted by Gasteiger charge is 2.38. The molecule has 0 aliphatic carbocycles. The molecule has 2 aromatic heterocycles. The second-order valence-electron chi connectivity index (χ2n) is 8.43. The Hall–Kier alpha value is -3.86. The van der Waals surface area contributed by atoms with Crippen molar-refractivity contribution in [3.05, 3.63) is 70.6 Å². The van der Waals surface area contributed by atoms with E-state index in [1.165, 1.54) is 9.30 Å². The molecule has 184 valence electrons. The van der Waals surface area contributed by atoms with Gasteiger partial charge in [-0.15, -0.1) is 0 Å². The first-order chi connectivity index (χ1) is 16.6. The molecule has 0 radical (unpaired) electrons. The fourth-order valence-corrected chi connectivity index (χ4v) is 5.49. The van der Waals surface area contributed by atoms with E-state index < -0.39 is 21.8 Å². The Morgan fingerprint density at radius 2 is 1.74 bits per heavy atom. The van der Waals surface area contributed by atoms with Crippen LogP contribution in [0.1, 0.15) is 35.8 Å². The molecule has 0 amide bonds. The summed E-state index contributed by atoms with van der Waals surface area (Å²) in [5, 5.41) is 19.4. The first-order valence-electron chi connectivity index (χ1n) is 11.1. The number of nitrogens with zero attached hydrogens (tertiary/aromatic N) is 4. The third-order valence-electron chi connectivity index (χ3n) is 5.82. The minimum absolute atomic E-state index is 0.0494. The lowest BCUT2D eigenvalue weighted by Gasteiger charge is -2.23. The minimum Gasteiger partial charge on any atom is -0.476 e. The molecule has 10 nitrogen and oxygen atoms in total. The fraction of sp³-hybridized carbons (Fsp3) is 0.292. The van der Waals surface area contributed by atoms with Crippen LogP contribution in [0.2, 0.25) is 0 Å². The van der Waals surface area contributed by atoms with Crippen molar-refractivity contribution in [2.45, 2.75) is 26.3 Å². The van der Waals surface area contributed by atoms with Crippen molar-refractivity contribution in [1.29, 1.82) is 0 Å². The standard InChI is InChI=1S/C24H26N4O6S/c1-3-4-12-26-15-27(21(24(31)32)22(26)35(2,33)34)14-16-8-10-17(11-9-16)19-20(23(29)30)28-13-6-5-7-18(28)25-19/h5-11,13H,3-4,12,14-15H2,1-2H3,(H,29,30)(H,31,32). The molecule has 3 aromatic rings. The van der Waals surface area contributed by atoms with Gasteiger partial charge < -0.3 is 20.0 Å². The maximum absolute atomic E-state index is 12.4. The molecule has 2 N–H and O–H groups in total. The zero-order chi connectivity index (χ0) is 25.3. The molecule has 1 aromatic carbocycles. The van der Waals surface area contributed by atoms with Gasteiger partial charge in [0.15, 0.2) is 26.3 Å². The lowest BCUT2D eigenvalue weighted by molar-refractivity contribution is -0.134. The van der Waals surface area contributed by atoms with Crippen molar-refractivity contribution in [3.63, 3.8) is 0 Å². The van der Waals surface area contributed by atoms with Gasteiger partial charge in [0, 0.05) is 31.1 Å². The van der Waals surface area contributed by atoms with E-state index in [0.29, 0.717) is 23.4 Å². The second kappa shape index (κ2) is 9.41. The molecule has 0 saturated heterocycles. The molecular weight excluding hydrogens is 472 g/mol. The Balaban J connectivity index is 1.65. The van der Waals surface area contributed by atoms with Gasteiger partial charge in [-0.05, 0) is 24.1 Å². The summed E-state index contributed by atoms with van der Waals surface area (Å²) in [5.41, 5.74) is 2.00. The molecular formula is C24H26N4O6S. The van der Waals surface area contributed by atoms with Crippen LogP contribution in [0, 0.1) is 0 Å². The maximum atomic E-state index is 12.4. The molecule has 0 spiro atoms. The van der Waals surface area contributed by atoms with Crippen LogP contribution in [0.5, 0.6) is 0 Å². The summed E-state index contributed by atoms with van der Waals surface area (Å²) >= 11 is 0. The second-order valence-corrected chi connectivity index (χ2v) is 10.4. The number of unbranched alkanes of at least 4 members (excludes halogenated alkanes) is 1. The van der Waals surface area contributed by atoms with Crippen molar-refractivity contribution in [2.75, 3.05) is 19.5 Å². The van der Waals surface area contributed by atoms with Crippen molar-refractivity contribution in [2.24, 2.45) is 0 Å². The van der Waals surface area contributed by atoms with Gasteiger partial charge in [0.25, 0.3) is 0 Å². The number of benzene rings is 1. The maximum Gasteiger partial charge on any atom is 0.355 e. The van der Waals surface area contributed by atoms with E-state index in [-0.39, 0.29) is 29.6 Å². The molecule has 0 bridgehead atoms. The van der Waals surface area contributed by atoms with Gasteiger partial charge in [-0.3, -0.25) is 4.40 Å². The predicted octanol–water partition coefficient (Wildman–Crippen LogP) is 2.87. The minimum atomic E-state index is -3.75. The third-order valence-corrected chi connectivity index (χ3v) is 6.97. The number of fused-ring (bicyclic) bond motifs is 1. The van der Waals surface area contributed by atoms with Gasteiger partial charge in [-0.2, -0.15) is 0 Å². The van der Waals surface area contributed by atoms with Crippen LogP contribution in [0.25, 0.3) is 16.9 Å². The predicted molar refractivity (Wildman–Crippen MR) is 129 cm³/mol. The van der Waals surface area contributed by atoms with Crippen molar-refractivity contribution < 1.29 is 28.2 Å². The monoisotopic (exact) mass is 498 g/mol. The zero-order valence-corrected chi connectivity index (χ0v) is 20.2. The highest BCUT2D eigenvalue weighted by Crippen LogP contribution is 2.31. The normalized spacial score (nSPS) is 14.2. The summed E-state index contributed by atoms with van der Waals surface area (Å²) in [5.74, 6) is -2.40. The molecule has 1 aliphatic rings. The summed E-state index contributed by atoms with van der Waals surface area (Å²) < 4.78 is 26.4. The summed E-state index contributed by atoms with van der Waals surface area (Å²) in [4.78, 5) is 31.6. The van der Waals surface area contributed by atoms with E-state index in [9.17, 15) is 28.2 Å². The van der Waals surface area contributed by atoms with Crippen LogP contribution in [0.15, 0.2) is 59.4 Å². The van der Waals surface area contributed by atoms with Gasteiger partial charge in [-0.1, -0.05) is 43.7 Å². The Bertz CT molecular complexity index is 1430. The van der Waals surface area contributed by atoms with E-state index in [2.05, 4.69) is 4.98 Å². The Labute approximate surface area is 202 Å². The summed E-state index contributed by atoms with van der Waals surface area (Å²) in [6, 6.07) is 12.2. The number of imidazole rings is 1. The molecule has 1 aliphatic heterocycles. The van der Waals surface area contributed by atoms with Crippen LogP contribution in [0.3, 0.4) is 0 Å². The van der Waals surface area contributed by atoms with Crippen LogP contribution in [-0.2, 0) is 21.2 Å². The van der Waals surface area contributed by atoms with Crippen LogP contribution in [-0.4, -0.2) is 69.2 Å². The lowest BCUT2D eigenvalue weighted by atomic mass is 10.1. The quantitative estimate of drug-likeness (QED) is 0.457. The van der Waals surface area contributed by atoms with Crippen molar-refractivity contribution >= 4 is 27.4 Å². The number of hydrogen-bond acceptors (Lipinski definition) is 7. The summed E-state index contributed by atoms with van der Waals surface area (Å²) in [6.07, 6.45) is 4.25. The smallest absolute Gasteiger partial charge is 0.355 e. The highest BCUT2D eigenvalue weighted by molar-refractivity contribution is 7.94. The molecule has 4 rings (SSSR count). The number of aliphatic carboxylic acids is 1. The van der Waals surface area contributed by atoms with Crippen molar-refractivity contribution in [1.82, 2.24) is 19.2 Å². The summed E-state index contributed by atoms with van der Waals surface area (Å²) in [7, 11) is -3.75. The van der Waals surface area contributed by atoms with Gasteiger partial charge >= 0.3 is 11.9 Å². The van der Waals surface area contributed by atoms with E-state index in [4.69, 9.17) is 0 Å². The van der Waals surface area contributed by atoms with Gasteiger partial charge in [0.2, 0.25) is 0 Å². The molecule has 0 unspecified atom stereocenters. The SMILES string of the molecule is CCCCN1CN(Cc2ccc(-c3nc4ccccn4c3C(=O)O)cc2)C(C(=O)O)=C1S(C)(=O)=O. The van der Waals surface area contributed by atoms with Gasteiger partial charge in [0.1, 0.15) is 11.3 Å². The van der Waals surface area contributed by atoms with E-state index in [0.717, 1.165) is 24.7 Å². The average molecular weight is 499 g/mol. The summed E-state index contributed by atoms with van der Waals surface area (Å²) in [6.45, 7) is 2.76. The number of carboxylic acid groups (broad SMARTS) is 2. The third kappa shape index (κ3) is 4.72. The molecule has 3 heterocycles. The number of rotatable bonds is 9. The van der Waals surface area contributed by atoms with Gasteiger partial charge in [0.05, 0.1) is 6.67 Å². The van der Waals surface area contributed by atoms with Gasteiger partial charge in [-0.25, -0.2) is 23.0 Å². The van der Waals surface area contributed by atoms with E-state index in [1.54, 1.807) is 53.6 Å². The van der Waals surface area contributed by atoms with E-state index in [1.807, 2.05) is 6.92 Å². The Morgan fingerprint density at radius 1 is 1.03 bits per heavy atom. The average Bonchev–Trinajstić information content (AvgIpc) is 3.37. The molecule has 35 heavy (non-hydrogen) atoms. The molecule has 0 fully saturated rings. The highest BCUT2D eigenvalue weighted by atomic mass is 32.2. The number of pyridine rings is 1. The lowest BCUT2D eigenvalue weighted by Crippen LogP contribution is -2.30. The number of hydrogen-bond donors (Lipinski definition) is 2. The van der Waals surface area contributed by atoms with Crippen LogP contribution in [0.4, 0.5) is 0 Å². The number of carboxylic acids is 2. The van der Waals surface area contributed by atoms with Crippen LogP contribution < -0.4 is 0 Å². The molecule has 11 heteroatoms. The van der Waals surface area contributed by atoms with E-state index >= 15 is 0 Å². The first kappa shape index (κ1) is 24.3. The topological polar surface area (TPSA) is 133 Å². The largest absolute Gasteiger partial charge is 0.476 e. The number of sulfone groups is 1.